The van der Waals surface area contributed by atoms with Crippen molar-refractivity contribution in [1.82, 2.24) is 4.57 Å². The molecular formula is C18H18FNO2. The lowest BCUT2D eigenvalue weighted by Crippen LogP contribution is -1.97. The summed E-state index contributed by atoms with van der Waals surface area (Å²) in [6, 6.07) is 14.1. The Kier molecular flexibility index (Phi) is 4.11. The number of fused-ring (bicyclic) bond motifs is 1. The highest BCUT2D eigenvalue weighted by molar-refractivity contribution is 5.87. The molecule has 0 saturated heterocycles. The predicted molar refractivity (Wildman–Crippen MR) is 84.8 cm³/mol. The summed E-state index contributed by atoms with van der Waals surface area (Å²) < 4.78 is 21.0. The maximum absolute atomic E-state index is 13.0. The minimum atomic E-state index is -0.287. The van der Waals surface area contributed by atoms with Crippen molar-refractivity contribution in [3.63, 3.8) is 0 Å². The van der Waals surface area contributed by atoms with Gasteiger partial charge in [-0.2, -0.15) is 0 Å². The molecule has 0 amide bonds. The fraction of sp³-hybridized carbons (Fsp3) is 0.222. The van der Waals surface area contributed by atoms with Crippen LogP contribution < -0.4 is 4.74 Å². The molecule has 0 aliphatic rings. The molecule has 2 aromatic carbocycles. The van der Waals surface area contributed by atoms with Crippen molar-refractivity contribution in [3.05, 3.63) is 59.9 Å². The Balaban J connectivity index is 2.06. The molecule has 3 aromatic rings. The van der Waals surface area contributed by atoms with Gasteiger partial charge in [0, 0.05) is 24.6 Å². The summed E-state index contributed by atoms with van der Waals surface area (Å²) in [6.45, 7) is 0.138. The Bertz CT molecular complexity index is 778. The van der Waals surface area contributed by atoms with Crippen LogP contribution >= 0.6 is 0 Å². The number of aryl methyl sites for hydroxylation is 2. The first-order valence-corrected chi connectivity index (χ1v) is 7.31. The first-order chi connectivity index (χ1) is 10.7. The lowest BCUT2D eigenvalue weighted by Gasteiger charge is -2.10. The summed E-state index contributed by atoms with van der Waals surface area (Å²) in [6.07, 6.45) is 1.40. The molecule has 0 radical (unpaired) electrons. The fourth-order valence-electron chi connectivity index (χ4n) is 2.69. The fourth-order valence-corrected chi connectivity index (χ4v) is 2.69. The van der Waals surface area contributed by atoms with Gasteiger partial charge in [0.1, 0.15) is 11.6 Å². The van der Waals surface area contributed by atoms with Crippen LogP contribution in [0.15, 0.2) is 48.5 Å². The smallest absolute Gasteiger partial charge is 0.204 e. The Morgan fingerprint density at radius 3 is 2.55 bits per heavy atom. The number of aromatic nitrogens is 1. The maximum Gasteiger partial charge on any atom is 0.204 e. The van der Waals surface area contributed by atoms with Gasteiger partial charge in [0.15, 0.2) is 0 Å². The van der Waals surface area contributed by atoms with Crippen molar-refractivity contribution in [3.8, 4) is 11.6 Å². The third kappa shape index (κ3) is 2.70. The molecule has 0 spiro atoms. The van der Waals surface area contributed by atoms with Crippen LogP contribution in [-0.2, 0) is 13.5 Å². The lowest BCUT2D eigenvalue weighted by atomic mass is 10.1. The van der Waals surface area contributed by atoms with Gasteiger partial charge in [0.2, 0.25) is 5.88 Å². The first kappa shape index (κ1) is 14.6. The van der Waals surface area contributed by atoms with Gasteiger partial charge in [0.05, 0.1) is 5.52 Å². The molecule has 0 atom stereocenters. The molecule has 3 rings (SSSR count). The molecule has 3 nitrogen and oxygen atoms in total. The van der Waals surface area contributed by atoms with E-state index < -0.39 is 0 Å². The molecule has 0 aliphatic heterocycles. The van der Waals surface area contributed by atoms with E-state index in [0.717, 1.165) is 28.8 Å². The monoisotopic (exact) mass is 299 g/mol. The molecule has 1 heterocycles. The molecule has 22 heavy (non-hydrogen) atoms. The third-order valence-corrected chi connectivity index (χ3v) is 3.77. The summed E-state index contributed by atoms with van der Waals surface area (Å²) in [5.74, 6) is 1.05. The van der Waals surface area contributed by atoms with Crippen molar-refractivity contribution in [2.24, 2.45) is 7.05 Å². The van der Waals surface area contributed by atoms with Crippen LogP contribution in [0.1, 0.15) is 12.0 Å². The van der Waals surface area contributed by atoms with E-state index in [1.165, 1.54) is 12.1 Å². The van der Waals surface area contributed by atoms with Crippen molar-refractivity contribution in [2.45, 2.75) is 12.8 Å². The predicted octanol–water partition coefficient (Wildman–Crippen LogP) is 4.03. The summed E-state index contributed by atoms with van der Waals surface area (Å²) in [5.41, 5.74) is 2.14. The molecule has 0 aliphatic carbocycles. The van der Waals surface area contributed by atoms with Crippen LogP contribution in [0.25, 0.3) is 10.9 Å². The van der Waals surface area contributed by atoms with E-state index in [4.69, 9.17) is 9.84 Å². The van der Waals surface area contributed by atoms with Crippen LogP contribution in [0.3, 0.4) is 0 Å². The van der Waals surface area contributed by atoms with Crippen LogP contribution in [0.4, 0.5) is 4.39 Å². The second-order valence-corrected chi connectivity index (χ2v) is 5.24. The number of benzene rings is 2. The van der Waals surface area contributed by atoms with Gasteiger partial charge in [0.25, 0.3) is 0 Å². The summed E-state index contributed by atoms with van der Waals surface area (Å²) in [5, 5.41) is 10.2. The highest BCUT2D eigenvalue weighted by Gasteiger charge is 2.16. The maximum atomic E-state index is 13.0. The second-order valence-electron chi connectivity index (χ2n) is 5.24. The Morgan fingerprint density at radius 1 is 1.09 bits per heavy atom. The molecule has 114 valence electrons. The van der Waals surface area contributed by atoms with Crippen molar-refractivity contribution in [2.75, 3.05) is 6.61 Å². The number of aliphatic hydroxyl groups is 1. The standard InChI is InChI=1S/C18H18FNO2/c1-20-17-7-3-2-5-15(17)16(6-4-12-21)18(20)22-14-10-8-13(19)9-11-14/h2-3,5,7-11,21H,4,6,12H2,1H3. The van der Waals surface area contributed by atoms with Crippen LogP contribution in [0.5, 0.6) is 11.6 Å². The topological polar surface area (TPSA) is 34.4 Å². The van der Waals surface area contributed by atoms with E-state index in [-0.39, 0.29) is 12.4 Å². The molecule has 1 aromatic heterocycles. The first-order valence-electron chi connectivity index (χ1n) is 7.31. The Labute approximate surface area is 128 Å². The van der Waals surface area contributed by atoms with Gasteiger partial charge < -0.3 is 14.4 Å². The SMILES string of the molecule is Cn1c(Oc2ccc(F)cc2)c(CCCO)c2ccccc21. The van der Waals surface area contributed by atoms with Gasteiger partial charge in [-0.05, 0) is 43.2 Å². The minimum Gasteiger partial charge on any atom is -0.441 e. The summed E-state index contributed by atoms with van der Waals surface area (Å²) in [4.78, 5) is 0. The Hall–Kier alpha value is -2.33. The van der Waals surface area contributed by atoms with E-state index >= 15 is 0 Å². The number of halogens is 1. The third-order valence-electron chi connectivity index (χ3n) is 3.77. The second kappa shape index (κ2) is 6.20. The van der Waals surface area contributed by atoms with Crippen LogP contribution in [0.2, 0.25) is 0 Å². The largest absolute Gasteiger partial charge is 0.441 e. The van der Waals surface area contributed by atoms with Gasteiger partial charge in [-0.25, -0.2) is 4.39 Å². The zero-order valence-corrected chi connectivity index (χ0v) is 12.4. The normalized spacial score (nSPS) is 11.0. The summed E-state index contributed by atoms with van der Waals surface area (Å²) >= 11 is 0. The average molecular weight is 299 g/mol. The zero-order valence-electron chi connectivity index (χ0n) is 12.4. The molecule has 4 heteroatoms. The van der Waals surface area contributed by atoms with Crippen molar-refractivity contribution >= 4 is 10.9 Å². The Morgan fingerprint density at radius 2 is 1.82 bits per heavy atom. The van der Waals surface area contributed by atoms with E-state index in [9.17, 15) is 4.39 Å². The van der Waals surface area contributed by atoms with E-state index in [1.807, 2.05) is 29.8 Å². The number of rotatable bonds is 5. The van der Waals surface area contributed by atoms with Crippen molar-refractivity contribution in [1.29, 1.82) is 0 Å². The van der Waals surface area contributed by atoms with Gasteiger partial charge in [-0.15, -0.1) is 0 Å². The molecule has 1 N–H and O–H groups in total. The highest BCUT2D eigenvalue weighted by atomic mass is 19.1. The number of ether oxygens (including phenoxy) is 1. The number of hydrogen-bond acceptors (Lipinski definition) is 2. The van der Waals surface area contributed by atoms with E-state index in [1.54, 1.807) is 12.1 Å². The van der Waals surface area contributed by atoms with E-state index in [0.29, 0.717) is 12.2 Å². The summed E-state index contributed by atoms with van der Waals surface area (Å²) in [7, 11) is 1.95. The average Bonchev–Trinajstić information content (AvgIpc) is 2.80. The van der Waals surface area contributed by atoms with Gasteiger partial charge in [-0.3, -0.25) is 0 Å². The highest BCUT2D eigenvalue weighted by Crippen LogP contribution is 2.35. The van der Waals surface area contributed by atoms with Crippen LogP contribution in [0, 0.1) is 5.82 Å². The molecule has 0 fully saturated rings. The van der Waals surface area contributed by atoms with E-state index in [2.05, 4.69) is 6.07 Å². The number of aliphatic hydroxyl groups excluding tert-OH is 1. The zero-order chi connectivity index (χ0) is 15.5. The van der Waals surface area contributed by atoms with Gasteiger partial charge >= 0.3 is 0 Å². The van der Waals surface area contributed by atoms with Gasteiger partial charge in [-0.1, -0.05) is 18.2 Å². The lowest BCUT2D eigenvalue weighted by molar-refractivity contribution is 0.288. The number of nitrogens with zero attached hydrogens (tertiary/aromatic N) is 1. The number of para-hydroxylation sites is 1. The number of hydrogen-bond donors (Lipinski definition) is 1. The quantitative estimate of drug-likeness (QED) is 0.771. The minimum absolute atomic E-state index is 0.138. The molecule has 0 saturated carbocycles. The molecule has 0 unspecified atom stereocenters. The molecule has 0 bridgehead atoms. The molecular weight excluding hydrogens is 281 g/mol. The van der Waals surface area contributed by atoms with Crippen molar-refractivity contribution < 1.29 is 14.2 Å². The van der Waals surface area contributed by atoms with Crippen LogP contribution in [-0.4, -0.2) is 16.3 Å².